The van der Waals surface area contributed by atoms with Crippen LogP contribution in [0.2, 0.25) is 0 Å². The average Bonchev–Trinajstić information content (AvgIpc) is 3.48. The lowest BCUT2D eigenvalue weighted by Crippen LogP contribution is -2.51. The number of carbonyl (C=O) groups excluding carboxylic acids is 2. The molecule has 2 aromatic heterocycles. The largest absolute Gasteiger partial charge is 0.443 e. The number of aromatic nitrogens is 3. The lowest BCUT2D eigenvalue weighted by Gasteiger charge is -2.24. The van der Waals surface area contributed by atoms with E-state index >= 15 is 0 Å². The molecule has 1 saturated heterocycles. The first-order valence-corrected chi connectivity index (χ1v) is 11.9. The second-order valence-electron chi connectivity index (χ2n) is 9.46. The van der Waals surface area contributed by atoms with Crippen LogP contribution in [0.25, 0.3) is 5.65 Å². The molecule has 2 atom stereocenters. The molecule has 0 unspecified atom stereocenters. The Kier molecular flexibility index (Phi) is 7.82. The maximum atomic E-state index is 12.8. The zero-order valence-electron chi connectivity index (χ0n) is 20.5. The molecular weight excluding hydrogens is 464 g/mol. The molecule has 36 heavy (non-hydrogen) atoms. The first-order chi connectivity index (χ1) is 17.2. The van der Waals surface area contributed by atoms with Gasteiger partial charge < -0.3 is 30.5 Å². The second kappa shape index (κ2) is 11.0. The molecule has 0 bridgehead atoms. The number of benzene rings is 1. The van der Waals surface area contributed by atoms with E-state index in [4.69, 9.17) is 15.2 Å². The number of β-amino-alcohol motifs (C(OH)–C–C–N with tert-alkyl or cyclic N) is 1. The number of nitrogens with one attached hydrogen (secondary N) is 1. The molecule has 11 nitrogen and oxygen atoms in total. The minimum Gasteiger partial charge on any atom is -0.443 e. The van der Waals surface area contributed by atoms with Crippen molar-refractivity contribution in [2.45, 2.75) is 51.2 Å². The summed E-state index contributed by atoms with van der Waals surface area (Å²) in [6, 6.07) is 14.4. The van der Waals surface area contributed by atoms with Crippen LogP contribution in [0, 0.1) is 0 Å². The smallest absolute Gasteiger partial charge is 0.410 e. The van der Waals surface area contributed by atoms with Crippen LogP contribution in [0.1, 0.15) is 43.4 Å². The van der Waals surface area contributed by atoms with Crippen molar-refractivity contribution in [3.8, 4) is 0 Å². The van der Waals surface area contributed by atoms with E-state index in [-0.39, 0.29) is 25.7 Å². The predicted molar refractivity (Wildman–Crippen MR) is 131 cm³/mol. The molecule has 11 heteroatoms. The number of fused-ring (bicyclic) bond motifs is 1. The van der Waals surface area contributed by atoms with Gasteiger partial charge >= 0.3 is 6.09 Å². The fourth-order valence-corrected chi connectivity index (χ4v) is 3.90. The third-order valence-electron chi connectivity index (χ3n) is 5.90. The number of rotatable bonds is 9. The number of pyridine rings is 1. The molecule has 3 heterocycles. The average molecular weight is 497 g/mol. The summed E-state index contributed by atoms with van der Waals surface area (Å²) in [4.78, 5) is 26.7. The second-order valence-corrected chi connectivity index (χ2v) is 9.46. The molecule has 1 fully saturated rings. The van der Waals surface area contributed by atoms with Crippen LogP contribution in [-0.4, -0.2) is 67.9 Å². The molecule has 192 valence electrons. The summed E-state index contributed by atoms with van der Waals surface area (Å²) >= 11 is 0. The van der Waals surface area contributed by atoms with Crippen LogP contribution < -0.4 is 11.1 Å². The van der Waals surface area contributed by atoms with Gasteiger partial charge in [-0.1, -0.05) is 36.4 Å². The Morgan fingerprint density at radius 2 is 1.94 bits per heavy atom. The first kappa shape index (κ1) is 25.5. The zero-order chi connectivity index (χ0) is 25.7. The topological polar surface area (TPSA) is 144 Å². The number of carbonyl (C=O) groups is 2. The van der Waals surface area contributed by atoms with E-state index < -0.39 is 23.8 Å². The molecule has 4 rings (SSSR count). The number of aliphatic hydroxyl groups excluding tert-OH is 1. The summed E-state index contributed by atoms with van der Waals surface area (Å²) in [6.07, 6.45) is -0.501. The van der Waals surface area contributed by atoms with Crippen LogP contribution in [0.3, 0.4) is 0 Å². The Labute approximate surface area is 209 Å². The summed E-state index contributed by atoms with van der Waals surface area (Å²) in [5, 5.41) is 21.2. The van der Waals surface area contributed by atoms with Crippen molar-refractivity contribution < 1.29 is 24.2 Å². The lowest BCUT2D eigenvalue weighted by atomic mass is 10.1. The summed E-state index contributed by atoms with van der Waals surface area (Å²) < 4.78 is 13.2. The summed E-state index contributed by atoms with van der Waals surface area (Å²) in [6.45, 7) is 4.37. The van der Waals surface area contributed by atoms with Crippen molar-refractivity contribution in [1.82, 2.24) is 24.8 Å². The molecule has 1 aliphatic heterocycles. The molecule has 0 saturated carbocycles. The SMILES string of the molecule is CC(C)(N)C(=O)N[C@H](COCc1ccccc1)c1nnc2cccc(COC(=O)N3CC[C@@H](O)C3)n12. The molecule has 0 spiro atoms. The summed E-state index contributed by atoms with van der Waals surface area (Å²) in [5.74, 6) is 0.0583. The highest BCUT2D eigenvalue weighted by molar-refractivity contribution is 5.85. The van der Waals surface area contributed by atoms with Gasteiger partial charge in [0.2, 0.25) is 5.91 Å². The Hall–Kier alpha value is -3.54. The van der Waals surface area contributed by atoms with Crippen LogP contribution in [-0.2, 0) is 27.5 Å². The van der Waals surface area contributed by atoms with Gasteiger partial charge in [0.1, 0.15) is 12.6 Å². The number of nitrogens with two attached hydrogens (primary N) is 1. The normalized spacial score (nSPS) is 16.8. The standard InChI is InChI=1S/C25H32N6O5/c1-25(2,26)23(33)27-20(16-35-14-17-7-4-3-5-8-17)22-29-28-21-10-6-9-18(31(21)22)15-36-24(34)30-12-11-19(32)13-30/h3-10,19-20,32H,11-16,26H2,1-2H3,(H,27,33)/t19-,20-/m1/s1. The minimum atomic E-state index is -1.11. The lowest BCUT2D eigenvalue weighted by molar-refractivity contribution is -0.126. The van der Waals surface area contributed by atoms with Crippen LogP contribution >= 0.6 is 0 Å². The number of nitrogens with zero attached hydrogens (tertiary/aromatic N) is 4. The number of likely N-dealkylation sites (tertiary alicyclic amines) is 1. The van der Waals surface area contributed by atoms with E-state index in [1.165, 1.54) is 4.90 Å². The molecule has 4 N–H and O–H groups in total. The first-order valence-electron chi connectivity index (χ1n) is 11.9. The van der Waals surface area contributed by atoms with E-state index in [0.29, 0.717) is 36.7 Å². The van der Waals surface area contributed by atoms with Gasteiger partial charge in [-0.25, -0.2) is 4.79 Å². The number of hydrogen-bond acceptors (Lipinski definition) is 8. The molecule has 2 amide bonds. The van der Waals surface area contributed by atoms with Crippen LogP contribution in [0.5, 0.6) is 0 Å². The van der Waals surface area contributed by atoms with Gasteiger partial charge in [0, 0.05) is 13.1 Å². The van der Waals surface area contributed by atoms with Gasteiger partial charge in [0.05, 0.1) is 30.6 Å². The Morgan fingerprint density at radius 3 is 2.64 bits per heavy atom. The van der Waals surface area contributed by atoms with Crippen molar-refractivity contribution in [3.63, 3.8) is 0 Å². The van der Waals surface area contributed by atoms with Crippen molar-refractivity contribution in [1.29, 1.82) is 0 Å². The highest BCUT2D eigenvalue weighted by atomic mass is 16.6. The Balaban J connectivity index is 1.55. The maximum Gasteiger partial charge on any atom is 0.410 e. The third kappa shape index (κ3) is 6.17. The monoisotopic (exact) mass is 496 g/mol. The van der Waals surface area contributed by atoms with E-state index in [1.807, 2.05) is 30.3 Å². The zero-order valence-corrected chi connectivity index (χ0v) is 20.5. The predicted octanol–water partition coefficient (Wildman–Crippen LogP) is 1.54. The quantitative estimate of drug-likeness (QED) is 0.405. The van der Waals surface area contributed by atoms with Gasteiger partial charge in [-0.3, -0.25) is 9.20 Å². The van der Waals surface area contributed by atoms with Gasteiger partial charge in [0.25, 0.3) is 0 Å². The highest BCUT2D eigenvalue weighted by Crippen LogP contribution is 2.19. The Morgan fingerprint density at radius 1 is 1.17 bits per heavy atom. The van der Waals surface area contributed by atoms with Crippen molar-refractivity contribution in [2.75, 3.05) is 19.7 Å². The minimum absolute atomic E-state index is 0.0400. The number of ether oxygens (including phenoxy) is 2. The molecule has 3 aromatic rings. The van der Waals surface area contributed by atoms with Gasteiger partial charge in [-0.2, -0.15) is 0 Å². The molecular formula is C25H32N6O5. The number of aliphatic hydroxyl groups is 1. The van der Waals surface area contributed by atoms with Gasteiger partial charge in [-0.05, 0) is 38.0 Å². The van der Waals surface area contributed by atoms with Crippen molar-refractivity contribution in [2.24, 2.45) is 5.73 Å². The van der Waals surface area contributed by atoms with E-state index in [9.17, 15) is 14.7 Å². The summed E-state index contributed by atoms with van der Waals surface area (Å²) in [7, 11) is 0. The summed E-state index contributed by atoms with van der Waals surface area (Å²) in [5.41, 5.74) is 7.05. The maximum absolute atomic E-state index is 12.8. The fraction of sp³-hybridized carbons (Fsp3) is 0.440. The van der Waals surface area contributed by atoms with Crippen LogP contribution in [0.15, 0.2) is 48.5 Å². The van der Waals surface area contributed by atoms with Gasteiger partial charge in [0.15, 0.2) is 11.5 Å². The van der Waals surface area contributed by atoms with E-state index in [1.54, 1.807) is 36.4 Å². The highest BCUT2D eigenvalue weighted by Gasteiger charge is 2.29. The van der Waals surface area contributed by atoms with E-state index in [2.05, 4.69) is 15.5 Å². The van der Waals surface area contributed by atoms with Gasteiger partial charge in [-0.15, -0.1) is 10.2 Å². The fourth-order valence-electron chi connectivity index (χ4n) is 3.90. The molecule has 0 radical (unpaired) electrons. The van der Waals surface area contributed by atoms with Crippen LogP contribution in [0.4, 0.5) is 4.79 Å². The molecule has 1 aromatic carbocycles. The molecule has 0 aliphatic carbocycles. The third-order valence-corrected chi connectivity index (χ3v) is 5.90. The van der Waals surface area contributed by atoms with Crippen molar-refractivity contribution >= 4 is 17.6 Å². The van der Waals surface area contributed by atoms with E-state index in [0.717, 1.165) is 5.56 Å². The van der Waals surface area contributed by atoms with Crippen molar-refractivity contribution in [3.05, 3.63) is 65.6 Å². The number of amides is 2. The molecule has 1 aliphatic rings. The Bertz CT molecular complexity index is 1190. The number of hydrogen-bond donors (Lipinski definition) is 3.